The molecule has 1 fully saturated rings. The zero-order valence-electron chi connectivity index (χ0n) is 14.7. The van der Waals surface area contributed by atoms with Gasteiger partial charge < -0.3 is 19.9 Å². The van der Waals surface area contributed by atoms with Gasteiger partial charge in [-0.25, -0.2) is 0 Å². The van der Waals surface area contributed by atoms with E-state index in [1.54, 1.807) is 0 Å². The van der Waals surface area contributed by atoms with Gasteiger partial charge in [-0.05, 0) is 36.0 Å². The number of benzene rings is 1. The zero-order chi connectivity index (χ0) is 17.3. The van der Waals surface area contributed by atoms with Crippen molar-refractivity contribution in [3.05, 3.63) is 23.8 Å². The molecule has 24 heavy (non-hydrogen) atoms. The Morgan fingerprint density at radius 1 is 1.33 bits per heavy atom. The van der Waals surface area contributed by atoms with Crippen LogP contribution in [0.3, 0.4) is 0 Å². The summed E-state index contributed by atoms with van der Waals surface area (Å²) in [6.45, 7) is 7.55. The van der Waals surface area contributed by atoms with E-state index in [0.717, 1.165) is 30.6 Å². The summed E-state index contributed by atoms with van der Waals surface area (Å²) in [5, 5.41) is 13.3. The Morgan fingerprint density at radius 3 is 2.79 bits per heavy atom. The van der Waals surface area contributed by atoms with Crippen molar-refractivity contribution in [2.75, 3.05) is 13.3 Å². The highest BCUT2D eigenvalue weighted by Crippen LogP contribution is 2.41. The maximum Gasteiger partial charge on any atom is 0.308 e. The molecule has 2 N–H and O–H groups in total. The number of carboxylic acids is 1. The number of ether oxygens (including phenoxy) is 2. The Bertz CT molecular complexity index is 613. The molecule has 3 rings (SSSR count). The molecule has 0 aromatic heterocycles. The Morgan fingerprint density at radius 2 is 2.08 bits per heavy atom. The minimum Gasteiger partial charge on any atom is -0.481 e. The maximum absolute atomic E-state index is 12.0. The van der Waals surface area contributed by atoms with Crippen LogP contribution in [0, 0.1) is 11.3 Å². The normalized spacial score (nSPS) is 25.9. The number of hydrogen-bond acceptors (Lipinski definition) is 4. The van der Waals surface area contributed by atoms with Crippen LogP contribution in [-0.2, 0) is 4.79 Å². The molecule has 1 saturated heterocycles. The fraction of sp³-hybridized carbons (Fsp3) is 0.632. The largest absolute Gasteiger partial charge is 0.481 e. The number of hydrogen-bond donors (Lipinski definition) is 2. The molecule has 2 unspecified atom stereocenters. The Balaban J connectivity index is 1.80. The van der Waals surface area contributed by atoms with E-state index in [-0.39, 0.29) is 24.2 Å². The number of carboxylic acid groups (broad SMARTS) is 1. The first-order valence-electron chi connectivity index (χ1n) is 8.77. The predicted octanol–water partition coefficient (Wildman–Crippen LogP) is 3.39. The van der Waals surface area contributed by atoms with E-state index < -0.39 is 11.9 Å². The van der Waals surface area contributed by atoms with Crippen molar-refractivity contribution >= 4 is 5.97 Å². The van der Waals surface area contributed by atoms with E-state index in [1.165, 1.54) is 0 Å². The highest BCUT2D eigenvalue weighted by Gasteiger charge is 2.43. The van der Waals surface area contributed by atoms with Gasteiger partial charge in [-0.1, -0.05) is 33.3 Å². The van der Waals surface area contributed by atoms with Crippen molar-refractivity contribution in [2.45, 2.75) is 52.0 Å². The van der Waals surface area contributed by atoms with Gasteiger partial charge in [0.1, 0.15) is 0 Å². The first-order valence-corrected chi connectivity index (χ1v) is 8.77. The summed E-state index contributed by atoms with van der Waals surface area (Å²) in [6, 6.07) is 5.78. The third-order valence-corrected chi connectivity index (χ3v) is 5.28. The van der Waals surface area contributed by atoms with Gasteiger partial charge in [0.25, 0.3) is 0 Å². The van der Waals surface area contributed by atoms with Crippen molar-refractivity contribution in [1.29, 1.82) is 0 Å². The standard InChI is InChI=1S/C19H27NO4/c1-4-7-19(2,3)9-14-17(18(21)22)13(10-20-14)12-5-6-15-16(8-12)24-11-23-15/h5-6,8,13-14,17,20H,4,7,9-11H2,1-3H3,(H,21,22)/t13?,14?,17-/m1/s1. The van der Waals surface area contributed by atoms with E-state index in [9.17, 15) is 9.90 Å². The van der Waals surface area contributed by atoms with Crippen LogP contribution in [0.5, 0.6) is 11.5 Å². The first kappa shape index (κ1) is 17.1. The van der Waals surface area contributed by atoms with Gasteiger partial charge in [-0.15, -0.1) is 0 Å². The summed E-state index contributed by atoms with van der Waals surface area (Å²) in [4.78, 5) is 12.0. The van der Waals surface area contributed by atoms with Crippen LogP contribution < -0.4 is 14.8 Å². The first-order chi connectivity index (χ1) is 11.4. The van der Waals surface area contributed by atoms with E-state index in [0.29, 0.717) is 12.3 Å². The summed E-state index contributed by atoms with van der Waals surface area (Å²) in [6.07, 6.45) is 3.09. The molecule has 132 valence electrons. The number of nitrogens with one attached hydrogen (secondary N) is 1. The molecule has 1 aromatic carbocycles. The van der Waals surface area contributed by atoms with Gasteiger partial charge in [0.05, 0.1) is 5.92 Å². The molecule has 0 spiro atoms. The quantitative estimate of drug-likeness (QED) is 0.835. The second-order valence-electron chi connectivity index (χ2n) is 7.72. The number of fused-ring (bicyclic) bond motifs is 1. The van der Waals surface area contributed by atoms with Gasteiger partial charge in [0.2, 0.25) is 6.79 Å². The average molecular weight is 333 g/mol. The van der Waals surface area contributed by atoms with Gasteiger partial charge in [-0.2, -0.15) is 0 Å². The lowest BCUT2D eigenvalue weighted by atomic mass is 9.76. The molecular formula is C19H27NO4. The number of carbonyl (C=O) groups is 1. The molecule has 0 radical (unpaired) electrons. The molecule has 3 atom stereocenters. The van der Waals surface area contributed by atoms with Crippen molar-refractivity contribution in [3.63, 3.8) is 0 Å². The van der Waals surface area contributed by atoms with E-state index >= 15 is 0 Å². The highest BCUT2D eigenvalue weighted by atomic mass is 16.7. The van der Waals surface area contributed by atoms with Gasteiger partial charge in [0, 0.05) is 18.5 Å². The molecule has 2 aliphatic heterocycles. The van der Waals surface area contributed by atoms with Crippen molar-refractivity contribution in [3.8, 4) is 11.5 Å². The fourth-order valence-corrected chi connectivity index (χ4v) is 4.20. The third kappa shape index (κ3) is 3.36. The van der Waals surface area contributed by atoms with Gasteiger partial charge in [-0.3, -0.25) is 4.79 Å². The van der Waals surface area contributed by atoms with Crippen LogP contribution in [0.2, 0.25) is 0 Å². The molecular weight excluding hydrogens is 306 g/mol. The van der Waals surface area contributed by atoms with Crippen LogP contribution in [0.15, 0.2) is 18.2 Å². The third-order valence-electron chi connectivity index (χ3n) is 5.28. The molecule has 2 heterocycles. The van der Waals surface area contributed by atoms with Gasteiger partial charge >= 0.3 is 5.97 Å². The minimum atomic E-state index is -0.722. The predicted molar refractivity (Wildman–Crippen MR) is 91.5 cm³/mol. The lowest BCUT2D eigenvalue weighted by Crippen LogP contribution is -2.36. The Labute approximate surface area is 143 Å². The summed E-state index contributed by atoms with van der Waals surface area (Å²) in [7, 11) is 0. The minimum absolute atomic E-state index is 0.000488. The Kier molecular flexibility index (Phi) is 4.72. The van der Waals surface area contributed by atoms with Crippen LogP contribution >= 0.6 is 0 Å². The topological polar surface area (TPSA) is 67.8 Å². The number of rotatable bonds is 6. The van der Waals surface area contributed by atoms with Crippen molar-refractivity contribution < 1.29 is 19.4 Å². The van der Waals surface area contributed by atoms with Crippen LogP contribution in [0.4, 0.5) is 0 Å². The second-order valence-corrected chi connectivity index (χ2v) is 7.72. The highest BCUT2D eigenvalue weighted by molar-refractivity contribution is 5.73. The monoisotopic (exact) mass is 333 g/mol. The molecule has 0 bridgehead atoms. The van der Waals surface area contributed by atoms with Gasteiger partial charge in [0.15, 0.2) is 11.5 Å². The van der Waals surface area contributed by atoms with E-state index in [2.05, 4.69) is 26.1 Å². The summed E-state index contributed by atoms with van der Waals surface area (Å²) in [5.41, 5.74) is 1.15. The molecule has 2 aliphatic rings. The summed E-state index contributed by atoms with van der Waals surface area (Å²) < 4.78 is 10.8. The smallest absolute Gasteiger partial charge is 0.308 e. The lowest BCUT2D eigenvalue weighted by Gasteiger charge is -2.30. The summed E-state index contributed by atoms with van der Waals surface area (Å²) in [5.74, 6) is 0.268. The van der Waals surface area contributed by atoms with E-state index in [1.807, 2.05) is 18.2 Å². The van der Waals surface area contributed by atoms with Crippen LogP contribution in [0.25, 0.3) is 0 Å². The SMILES string of the molecule is CCCC(C)(C)CC1NCC(c2ccc3c(c2)OCO3)[C@H]1C(=O)O. The maximum atomic E-state index is 12.0. The zero-order valence-corrected chi connectivity index (χ0v) is 14.7. The van der Waals surface area contributed by atoms with Crippen molar-refractivity contribution in [1.82, 2.24) is 5.32 Å². The van der Waals surface area contributed by atoms with Crippen LogP contribution in [-0.4, -0.2) is 30.5 Å². The van der Waals surface area contributed by atoms with Crippen LogP contribution in [0.1, 0.15) is 51.5 Å². The van der Waals surface area contributed by atoms with Crippen molar-refractivity contribution in [2.24, 2.45) is 11.3 Å². The molecule has 0 aliphatic carbocycles. The fourth-order valence-electron chi connectivity index (χ4n) is 4.20. The molecule has 0 saturated carbocycles. The molecule has 5 nitrogen and oxygen atoms in total. The summed E-state index contributed by atoms with van der Waals surface area (Å²) >= 11 is 0. The van der Waals surface area contributed by atoms with E-state index in [4.69, 9.17) is 9.47 Å². The lowest BCUT2D eigenvalue weighted by molar-refractivity contribution is -0.142. The Hall–Kier alpha value is -1.75. The molecule has 5 heteroatoms. The second kappa shape index (κ2) is 6.63. The molecule has 1 aromatic rings. The average Bonchev–Trinajstić information content (AvgIpc) is 3.11. The number of aliphatic carboxylic acids is 1. The molecule has 0 amide bonds.